The van der Waals surface area contributed by atoms with E-state index in [2.05, 4.69) is 12.2 Å². The average molecular weight is 320 g/mol. The van der Waals surface area contributed by atoms with E-state index in [4.69, 9.17) is 4.74 Å². The molecule has 6 nitrogen and oxygen atoms in total. The number of rotatable bonds is 5. The summed E-state index contributed by atoms with van der Waals surface area (Å²) >= 11 is 0. The van der Waals surface area contributed by atoms with Crippen LogP contribution in [0.2, 0.25) is 0 Å². The van der Waals surface area contributed by atoms with E-state index >= 15 is 0 Å². The number of carbonyl (C=O) groups is 3. The van der Waals surface area contributed by atoms with Gasteiger partial charge in [-0.25, -0.2) is 4.79 Å². The van der Waals surface area contributed by atoms with Crippen LogP contribution in [0.15, 0.2) is 12.3 Å². The fourth-order valence-corrected chi connectivity index (χ4v) is 2.94. The van der Waals surface area contributed by atoms with Crippen LogP contribution in [0.1, 0.15) is 60.4 Å². The first kappa shape index (κ1) is 17.2. The maximum absolute atomic E-state index is 12.0. The molecule has 2 rings (SSSR count). The van der Waals surface area contributed by atoms with Crippen LogP contribution < -0.4 is 5.32 Å². The Bertz CT molecular complexity index is 606. The second kappa shape index (κ2) is 7.44. The predicted molar refractivity (Wildman–Crippen MR) is 85.3 cm³/mol. The Kier molecular flexibility index (Phi) is 5.58. The van der Waals surface area contributed by atoms with E-state index in [0.717, 1.165) is 19.3 Å². The van der Waals surface area contributed by atoms with Gasteiger partial charge in [-0.15, -0.1) is 0 Å². The molecule has 1 aromatic rings. The van der Waals surface area contributed by atoms with Crippen molar-refractivity contribution in [2.45, 2.75) is 45.6 Å². The summed E-state index contributed by atoms with van der Waals surface area (Å²) in [4.78, 5) is 35.3. The lowest BCUT2D eigenvalue weighted by molar-refractivity contribution is -0.125. The Balaban J connectivity index is 1.86. The van der Waals surface area contributed by atoms with Gasteiger partial charge in [0.2, 0.25) is 0 Å². The molecule has 1 fully saturated rings. The van der Waals surface area contributed by atoms with Gasteiger partial charge in [0, 0.05) is 24.8 Å². The first-order valence-corrected chi connectivity index (χ1v) is 8.02. The minimum Gasteiger partial charge on any atom is -0.451 e. The van der Waals surface area contributed by atoms with Gasteiger partial charge in [-0.1, -0.05) is 19.8 Å². The van der Waals surface area contributed by atoms with Crippen LogP contribution in [0.4, 0.5) is 0 Å². The summed E-state index contributed by atoms with van der Waals surface area (Å²) in [5.41, 5.74) is 0.703. The maximum Gasteiger partial charge on any atom is 0.355 e. The molecular weight excluding hydrogens is 296 g/mol. The summed E-state index contributed by atoms with van der Waals surface area (Å²) in [6.45, 7) is 3.26. The molecule has 6 heteroatoms. The first-order valence-electron chi connectivity index (χ1n) is 8.02. The third kappa shape index (κ3) is 4.43. The lowest BCUT2D eigenvalue weighted by Gasteiger charge is -2.29. The fourth-order valence-electron chi connectivity index (χ4n) is 2.94. The largest absolute Gasteiger partial charge is 0.451 e. The number of Topliss-reactive ketones (excluding diaryl/α,β-unsaturated/α-hetero) is 1. The Morgan fingerprint density at radius 1 is 1.30 bits per heavy atom. The summed E-state index contributed by atoms with van der Waals surface area (Å²) in [5.74, 6) is -0.553. The lowest BCUT2D eigenvalue weighted by Crippen LogP contribution is -2.42. The summed E-state index contributed by atoms with van der Waals surface area (Å²) in [5, 5.41) is 2.94. The van der Waals surface area contributed by atoms with E-state index < -0.39 is 5.97 Å². The summed E-state index contributed by atoms with van der Waals surface area (Å²) in [7, 11) is 1.66. The van der Waals surface area contributed by atoms with Crippen molar-refractivity contribution in [3.05, 3.63) is 23.5 Å². The number of aryl methyl sites for hydroxylation is 1. The van der Waals surface area contributed by atoms with Crippen molar-refractivity contribution in [2.24, 2.45) is 13.0 Å². The van der Waals surface area contributed by atoms with Gasteiger partial charge in [-0.05, 0) is 31.7 Å². The monoisotopic (exact) mass is 320 g/mol. The van der Waals surface area contributed by atoms with Crippen molar-refractivity contribution in [1.82, 2.24) is 9.88 Å². The molecular formula is C17H24N2O4. The molecule has 0 radical (unpaired) electrons. The van der Waals surface area contributed by atoms with Crippen LogP contribution >= 0.6 is 0 Å². The van der Waals surface area contributed by atoms with Crippen LogP contribution in [-0.2, 0) is 16.6 Å². The first-order chi connectivity index (χ1) is 10.9. The lowest BCUT2D eigenvalue weighted by atomic mass is 9.86. The Morgan fingerprint density at radius 3 is 2.61 bits per heavy atom. The fraction of sp³-hybridized carbons (Fsp3) is 0.588. The van der Waals surface area contributed by atoms with Gasteiger partial charge in [0.25, 0.3) is 5.91 Å². The predicted octanol–water partition coefficient (Wildman–Crippen LogP) is 2.08. The quantitative estimate of drug-likeness (QED) is 0.665. The molecule has 0 aliphatic heterocycles. The summed E-state index contributed by atoms with van der Waals surface area (Å²) in [6, 6.07) is 1.64. The highest BCUT2D eigenvalue weighted by Crippen LogP contribution is 2.23. The van der Waals surface area contributed by atoms with Gasteiger partial charge < -0.3 is 14.6 Å². The molecule has 0 bridgehead atoms. The summed E-state index contributed by atoms with van der Waals surface area (Å²) in [6.07, 6.45) is 5.98. The van der Waals surface area contributed by atoms with Gasteiger partial charge in [0.05, 0.1) is 0 Å². The van der Waals surface area contributed by atoms with Crippen LogP contribution in [0.5, 0.6) is 0 Å². The topological polar surface area (TPSA) is 77.4 Å². The second-order valence-electron chi connectivity index (χ2n) is 6.29. The number of hydrogen-bond donors (Lipinski definition) is 1. The molecule has 1 amide bonds. The van der Waals surface area contributed by atoms with Gasteiger partial charge in [0.1, 0.15) is 5.69 Å². The number of nitrogens with one attached hydrogen (secondary N) is 1. The molecule has 126 valence electrons. The molecule has 1 aromatic heterocycles. The van der Waals surface area contributed by atoms with Gasteiger partial charge >= 0.3 is 5.97 Å². The summed E-state index contributed by atoms with van der Waals surface area (Å²) < 4.78 is 6.59. The number of ketones is 1. The van der Waals surface area contributed by atoms with Crippen molar-refractivity contribution in [2.75, 3.05) is 6.61 Å². The van der Waals surface area contributed by atoms with Crippen molar-refractivity contribution in [3.63, 3.8) is 0 Å². The second-order valence-corrected chi connectivity index (χ2v) is 6.29. The normalized spacial score (nSPS) is 20.8. The van der Waals surface area contributed by atoms with E-state index in [-0.39, 0.29) is 30.0 Å². The minimum absolute atomic E-state index is 0.122. The highest BCUT2D eigenvalue weighted by molar-refractivity contribution is 5.98. The molecule has 0 aromatic carbocycles. The zero-order valence-electron chi connectivity index (χ0n) is 13.9. The van der Waals surface area contributed by atoms with Crippen LogP contribution in [0.3, 0.4) is 0 Å². The van der Waals surface area contributed by atoms with Gasteiger partial charge in [-0.3, -0.25) is 9.59 Å². The van der Waals surface area contributed by atoms with E-state index in [1.54, 1.807) is 13.2 Å². The van der Waals surface area contributed by atoms with Gasteiger partial charge in [0.15, 0.2) is 12.4 Å². The molecule has 1 aliphatic carbocycles. The molecule has 2 atom stereocenters. The maximum atomic E-state index is 12.0. The third-order valence-electron chi connectivity index (χ3n) is 4.41. The van der Waals surface area contributed by atoms with Crippen LogP contribution in [0, 0.1) is 5.92 Å². The van der Waals surface area contributed by atoms with Crippen LogP contribution in [-0.4, -0.2) is 34.9 Å². The van der Waals surface area contributed by atoms with Gasteiger partial charge in [-0.2, -0.15) is 0 Å². The number of hydrogen-bond acceptors (Lipinski definition) is 4. The highest BCUT2D eigenvalue weighted by atomic mass is 16.5. The van der Waals surface area contributed by atoms with E-state index in [1.165, 1.54) is 24.0 Å². The molecule has 1 saturated carbocycles. The van der Waals surface area contributed by atoms with E-state index in [1.807, 2.05) is 0 Å². The van der Waals surface area contributed by atoms with Crippen molar-refractivity contribution in [1.29, 1.82) is 0 Å². The molecule has 1 N–H and O–H groups in total. The molecule has 0 unspecified atom stereocenters. The molecule has 1 aliphatic rings. The van der Waals surface area contributed by atoms with E-state index in [0.29, 0.717) is 11.5 Å². The standard InChI is InChI=1S/C17H24N2O4/c1-11-6-4-5-7-14(11)18-16(21)10-23-17(22)15-8-13(12(2)20)9-19(15)3/h8-9,11,14H,4-7,10H2,1-3H3,(H,18,21)/t11-,14+/m1/s1. The van der Waals surface area contributed by atoms with Crippen molar-refractivity contribution >= 4 is 17.7 Å². The highest BCUT2D eigenvalue weighted by Gasteiger charge is 2.23. The SMILES string of the molecule is CC(=O)c1cc(C(=O)OCC(=O)N[C@H]2CCCC[C@H]2C)n(C)c1. The Morgan fingerprint density at radius 2 is 2.00 bits per heavy atom. The number of nitrogens with zero attached hydrogens (tertiary/aromatic N) is 1. The third-order valence-corrected chi connectivity index (χ3v) is 4.41. The van der Waals surface area contributed by atoms with Crippen molar-refractivity contribution in [3.8, 4) is 0 Å². The molecule has 0 spiro atoms. The minimum atomic E-state index is -0.605. The zero-order chi connectivity index (χ0) is 17.0. The molecule has 23 heavy (non-hydrogen) atoms. The molecule has 0 saturated heterocycles. The Hall–Kier alpha value is -2.11. The average Bonchev–Trinajstić information content (AvgIpc) is 2.89. The van der Waals surface area contributed by atoms with Crippen molar-refractivity contribution < 1.29 is 19.1 Å². The Labute approximate surface area is 136 Å². The number of esters is 1. The van der Waals surface area contributed by atoms with E-state index in [9.17, 15) is 14.4 Å². The number of amides is 1. The zero-order valence-corrected chi connectivity index (χ0v) is 13.9. The number of carbonyl (C=O) groups excluding carboxylic acids is 3. The van der Waals surface area contributed by atoms with Crippen LogP contribution in [0.25, 0.3) is 0 Å². The number of aromatic nitrogens is 1. The molecule has 1 heterocycles. The number of ether oxygens (including phenoxy) is 1. The smallest absolute Gasteiger partial charge is 0.355 e.